The average molecular weight is 201 g/mol. The molecule has 1 aliphatic heterocycles. The number of carbonyl (C=O) groups is 1. The van der Waals surface area contributed by atoms with E-state index in [9.17, 15) is 4.79 Å². The maximum absolute atomic E-state index is 11.9. The smallest absolute Gasteiger partial charge is 0.259 e. The highest BCUT2D eigenvalue weighted by Gasteiger charge is 2.48. The normalized spacial score (nSPS) is 27.7. The lowest BCUT2D eigenvalue weighted by molar-refractivity contribution is -0.124. The Bertz CT molecular complexity index is 480. The van der Waals surface area contributed by atoms with Crippen molar-refractivity contribution in [3.63, 3.8) is 0 Å². The fourth-order valence-electron chi connectivity index (χ4n) is 2.45. The van der Waals surface area contributed by atoms with Crippen LogP contribution in [-0.4, -0.2) is 11.9 Å². The Morgan fingerprint density at radius 1 is 1.40 bits per heavy atom. The molecular weight excluding hydrogens is 190 g/mol. The molecule has 3 rings (SSSR count). The predicted octanol–water partition coefficient (Wildman–Crippen LogP) is 0.273. The first-order chi connectivity index (χ1) is 7.22. The number of guanidine groups is 1. The van der Waals surface area contributed by atoms with Gasteiger partial charge in [-0.1, -0.05) is 24.3 Å². The molecule has 1 aromatic rings. The van der Waals surface area contributed by atoms with Crippen LogP contribution >= 0.6 is 0 Å². The molecule has 0 radical (unpaired) electrons. The van der Waals surface area contributed by atoms with Crippen molar-refractivity contribution in [2.24, 2.45) is 10.7 Å². The number of fused-ring (bicyclic) bond motifs is 2. The van der Waals surface area contributed by atoms with Crippen LogP contribution in [0.3, 0.4) is 0 Å². The van der Waals surface area contributed by atoms with E-state index in [1.165, 1.54) is 5.56 Å². The molecule has 1 spiro atoms. The van der Waals surface area contributed by atoms with Gasteiger partial charge in [-0.3, -0.25) is 10.1 Å². The maximum atomic E-state index is 11.9. The topological polar surface area (TPSA) is 67.5 Å². The van der Waals surface area contributed by atoms with Crippen molar-refractivity contribution < 1.29 is 4.79 Å². The molecule has 3 N–H and O–H groups in total. The number of aryl methyl sites for hydroxylation is 1. The van der Waals surface area contributed by atoms with Gasteiger partial charge in [-0.2, -0.15) is 0 Å². The summed E-state index contributed by atoms with van der Waals surface area (Å²) < 4.78 is 0. The van der Waals surface area contributed by atoms with E-state index in [4.69, 9.17) is 5.73 Å². The van der Waals surface area contributed by atoms with Crippen LogP contribution in [0.15, 0.2) is 29.3 Å². The Morgan fingerprint density at radius 3 is 2.93 bits per heavy atom. The Balaban J connectivity index is 2.21. The molecule has 4 nitrogen and oxygen atoms in total. The van der Waals surface area contributed by atoms with E-state index in [0.29, 0.717) is 0 Å². The Morgan fingerprint density at radius 2 is 2.20 bits per heavy atom. The fourth-order valence-corrected chi connectivity index (χ4v) is 2.45. The van der Waals surface area contributed by atoms with Crippen LogP contribution in [0.5, 0.6) is 0 Å². The summed E-state index contributed by atoms with van der Waals surface area (Å²) in [5.41, 5.74) is 7.02. The summed E-state index contributed by atoms with van der Waals surface area (Å²) in [6, 6.07) is 7.92. The largest absolute Gasteiger partial charge is 0.370 e. The van der Waals surface area contributed by atoms with Crippen LogP contribution in [0.1, 0.15) is 17.5 Å². The van der Waals surface area contributed by atoms with E-state index in [0.717, 1.165) is 18.4 Å². The van der Waals surface area contributed by atoms with Gasteiger partial charge in [0.2, 0.25) is 0 Å². The molecule has 1 heterocycles. The molecule has 1 aliphatic carbocycles. The lowest BCUT2D eigenvalue weighted by Gasteiger charge is -2.17. The second kappa shape index (κ2) is 2.59. The average Bonchev–Trinajstić information content (AvgIpc) is 2.72. The summed E-state index contributed by atoms with van der Waals surface area (Å²) in [6.07, 6.45) is 1.61. The molecule has 2 aliphatic rings. The van der Waals surface area contributed by atoms with Gasteiger partial charge in [-0.05, 0) is 24.0 Å². The number of nitrogens with zero attached hydrogens (tertiary/aromatic N) is 1. The molecule has 4 heteroatoms. The van der Waals surface area contributed by atoms with Crippen molar-refractivity contribution in [3.8, 4) is 0 Å². The van der Waals surface area contributed by atoms with Gasteiger partial charge in [0.05, 0.1) is 0 Å². The van der Waals surface area contributed by atoms with Gasteiger partial charge in [0.15, 0.2) is 11.5 Å². The third kappa shape index (κ3) is 0.960. The molecule has 1 atom stereocenters. The van der Waals surface area contributed by atoms with Crippen molar-refractivity contribution >= 4 is 11.9 Å². The lowest BCUT2D eigenvalue weighted by atomic mass is 9.92. The quantitative estimate of drug-likeness (QED) is 0.632. The summed E-state index contributed by atoms with van der Waals surface area (Å²) in [5, 5.41) is 2.58. The number of aliphatic imine (C=N–C) groups is 1. The second-order valence-corrected chi connectivity index (χ2v) is 3.97. The molecule has 0 bridgehead atoms. The number of amides is 1. The second-order valence-electron chi connectivity index (χ2n) is 3.97. The van der Waals surface area contributed by atoms with E-state index in [1.807, 2.05) is 24.3 Å². The SMILES string of the molecule is NC1=NC2(CCc3ccccc32)C(=O)N1. The molecular formula is C11H11N3O. The van der Waals surface area contributed by atoms with Crippen LogP contribution in [0.4, 0.5) is 0 Å². The number of nitrogens with one attached hydrogen (secondary N) is 1. The third-order valence-corrected chi connectivity index (χ3v) is 3.15. The lowest BCUT2D eigenvalue weighted by Crippen LogP contribution is -2.37. The minimum atomic E-state index is -0.735. The van der Waals surface area contributed by atoms with Gasteiger partial charge in [0, 0.05) is 0 Å². The van der Waals surface area contributed by atoms with Gasteiger partial charge in [0.25, 0.3) is 5.91 Å². The highest BCUT2D eigenvalue weighted by atomic mass is 16.2. The Hall–Kier alpha value is -1.84. The van der Waals surface area contributed by atoms with Gasteiger partial charge in [-0.15, -0.1) is 0 Å². The summed E-state index contributed by atoms with van der Waals surface area (Å²) in [6.45, 7) is 0. The summed E-state index contributed by atoms with van der Waals surface area (Å²) in [7, 11) is 0. The summed E-state index contributed by atoms with van der Waals surface area (Å²) >= 11 is 0. The number of hydrogen-bond donors (Lipinski definition) is 2. The monoisotopic (exact) mass is 201 g/mol. The molecule has 0 saturated carbocycles. The molecule has 0 saturated heterocycles. The Labute approximate surface area is 87.2 Å². The van der Waals surface area contributed by atoms with Crippen molar-refractivity contribution in [1.82, 2.24) is 5.32 Å². The standard InChI is InChI=1S/C11H11N3O/c12-10-13-9(15)11(14-10)6-5-7-3-1-2-4-8(7)11/h1-4H,5-6H2,(H3,12,13,14,15). The van der Waals surface area contributed by atoms with E-state index in [-0.39, 0.29) is 11.9 Å². The van der Waals surface area contributed by atoms with Crippen molar-refractivity contribution in [3.05, 3.63) is 35.4 Å². The zero-order valence-corrected chi connectivity index (χ0v) is 8.16. The number of benzene rings is 1. The number of carbonyl (C=O) groups excluding carboxylic acids is 1. The minimum Gasteiger partial charge on any atom is -0.370 e. The van der Waals surface area contributed by atoms with Crippen LogP contribution in [0.25, 0.3) is 0 Å². The molecule has 1 unspecified atom stereocenters. The van der Waals surface area contributed by atoms with E-state index < -0.39 is 5.54 Å². The van der Waals surface area contributed by atoms with Gasteiger partial charge in [-0.25, -0.2) is 4.99 Å². The van der Waals surface area contributed by atoms with Crippen LogP contribution < -0.4 is 11.1 Å². The predicted molar refractivity (Wildman–Crippen MR) is 56.2 cm³/mol. The van der Waals surface area contributed by atoms with Crippen molar-refractivity contribution in [2.75, 3.05) is 0 Å². The number of rotatable bonds is 0. The van der Waals surface area contributed by atoms with Crippen LogP contribution in [0, 0.1) is 0 Å². The van der Waals surface area contributed by atoms with E-state index >= 15 is 0 Å². The van der Waals surface area contributed by atoms with Gasteiger partial charge in [0.1, 0.15) is 0 Å². The number of hydrogen-bond acceptors (Lipinski definition) is 3. The Kier molecular flexibility index (Phi) is 1.46. The van der Waals surface area contributed by atoms with Crippen LogP contribution in [-0.2, 0) is 16.8 Å². The molecule has 1 aromatic carbocycles. The molecule has 0 aromatic heterocycles. The number of nitrogens with two attached hydrogens (primary N) is 1. The highest BCUT2D eigenvalue weighted by molar-refractivity contribution is 6.07. The summed E-state index contributed by atoms with van der Waals surface area (Å²) in [4.78, 5) is 16.1. The summed E-state index contributed by atoms with van der Waals surface area (Å²) in [5.74, 6) is 0.140. The van der Waals surface area contributed by atoms with Crippen molar-refractivity contribution in [2.45, 2.75) is 18.4 Å². The maximum Gasteiger partial charge on any atom is 0.259 e. The van der Waals surface area contributed by atoms with E-state index in [1.54, 1.807) is 0 Å². The first-order valence-corrected chi connectivity index (χ1v) is 4.97. The van der Waals surface area contributed by atoms with Crippen molar-refractivity contribution in [1.29, 1.82) is 0 Å². The van der Waals surface area contributed by atoms with Crippen LogP contribution in [0.2, 0.25) is 0 Å². The van der Waals surface area contributed by atoms with Gasteiger partial charge >= 0.3 is 0 Å². The molecule has 76 valence electrons. The molecule has 1 amide bonds. The zero-order chi connectivity index (χ0) is 10.5. The molecule has 0 fully saturated rings. The first-order valence-electron chi connectivity index (χ1n) is 4.97. The highest BCUT2D eigenvalue weighted by Crippen LogP contribution is 2.41. The molecule has 15 heavy (non-hydrogen) atoms. The fraction of sp³-hybridized carbons (Fsp3) is 0.273. The van der Waals surface area contributed by atoms with Gasteiger partial charge < -0.3 is 5.73 Å². The minimum absolute atomic E-state index is 0.0926. The first kappa shape index (κ1) is 8.47. The van der Waals surface area contributed by atoms with E-state index in [2.05, 4.69) is 10.3 Å². The zero-order valence-electron chi connectivity index (χ0n) is 8.16. The third-order valence-electron chi connectivity index (χ3n) is 3.15.